The maximum atomic E-state index is 13.3. The molecular weight excluding hydrogens is 454 g/mol. The number of carboxylic acids is 2. The molecule has 0 spiro atoms. The molecule has 2 atom stereocenters. The fourth-order valence-electron chi connectivity index (χ4n) is 3.15. The highest BCUT2D eigenvalue weighted by Crippen LogP contribution is 2.25. The molecular formula is C22H24F2N4O6. The molecule has 182 valence electrons. The third kappa shape index (κ3) is 7.05. The minimum absolute atomic E-state index is 0.283. The first-order valence-electron chi connectivity index (χ1n) is 10.1. The summed E-state index contributed by atoms with van der Waals surface area (Å²) in [5, 5.41) is 19.8. The number of halogens is 2. The van der Waals surface area contributed by atoms with Crippen molar-refractivity contribution < 1.29 is 38.2 Å². The number of benzene rings is 2. The number of aryl methyl sites for hydroxylation is 2. The van der Waals surface area contributed by atoms with Gasteiger partial charge in [-0.25, -0.2) is 18.4 Å². The fourth-order valence-corrected chi connectivity index (χ4v) is 3.15. The minimum atomic E-state index is -1.82. The molecule has 34 heavy (non-hydrogen) atoms. The lowest BCUT2D eigenvalue weighted by Gasteiger charge is -2.07. The molecule has 0 saturated heterocycles. The second-order valence-electron chi connectivity index (χ2n) is 7.43. The van der Waals surface area contributed by atoms with E-state index >= 15 is 0 Å². The number of nitrogens with two attached hydrogens (primary N) is 2. The van der Waals surface area contributed by atoms with Gasteiger partial charge in [-0.1, -0.05) is 24.3 Å². The summed E-state index contributed by atoms with van der Waals surface area (Å²) in [5.74, 6) is -5.07. The summed E-state index contributed by atoms with van der Waals surface area (Å²) in [6.07, 6.45) is 2.38. The zero-order chi connectivity index (χ0) is 25.4. The van der Waals surface area contributed by atoms with Gasteiger partial charge in [0.2, 0.25) is 11.8 Å². The van der Waals surface area contributed by atoms with E-state index in [-0.39, 0.29) is 23.2 Å². The van der Waals surface area contributed by atoms with E-state index in [1.165, 1.54) is 12.1 Å². The Labute approximate surface area is 192 Å². The molecule has 2 amide bonds. The largest absolute Gasteiger partial charge is 0.473 e. The van der Waals surface area contributed by atoms with Gasteiger partial charge in [-0.2, -0.15) is 0 Å². The van der Waals surface area contributed by atoms with Crippen molar-refractivity contribution in [2.45, 2.75) is 37.8 Å². The normalized spacial score (nSPS) is 18.6. The van der Waals surface area contributed by atoms with Gasteiger partial charge >= 0.3 is 11.9 Å². The van der Waals surface area contributed by atoms with Crippen molar-refractivity contribution in [3.63, 3.8) is 0 Å². The summed E-state index contributed by atoms with van der Waals surface area (Å²) < 4.78 is 26.6. The Morgan fingerprint density at radius 3 is 1.44 bits per heavy atom. The van der Waals surface area contributed by atoms with E-state index in [0.717, 1.165) is 11.1 Å². The van der Waals surface area contributed by atoms with Crippen molar-refractivity contribution in [1.82, 2.24) is 0 Å². The minimum Gasteiger partial charge on any atom is -0.473 e. The van der Waals surface area contributed by atoms with E-state index in [4.69, 9.17) is 31.3 Å². The Balaban J connectivity index is 0.000000196. The van der Waals surface area contributed by atoms with Gasteiger partial charge in [0.25, 0.3) is 0 Å². The molecule has 2 aromatic carbocycles. The molecule has 2 aliphatic heterocycles. The lowest BCUT2D eigenvalue weighted by atomic mass is 10.1. The van der Waals surface area contributed by atoms with Gasteiger partial charge in [0, 0.05) is 0 Å². The average molecular weight is 478 g/mol. The predicted molar refractivity (Wildman–Crippen MR) is 118 cm³/mol. The number of aliphatic carboxylic acids is 2. The highest BCUT2D eigenvalue weighted by atomic mass is 19.1. The van der Waals surface area contributed by atoms with Crippen LogP contribution in [-0.4, -0.2) is 46.0 Å². The molecule has 0 bridgehead atoms. The highest BCUT2D eigenvalue weighted by molar-refractivity contribution is 6.27. The summed E-state index contributed by atoms with van der Waals surface area (Å²) >= 11 is 0. The van der Waals surface area contributed by atoms with Crippen LogP contribution in [0, 0.1) is 11.6 Å². The van der Waals surface area contributed by atoms with Gasteiger partial charge in [0.1, 0.15) is 11.6 Å². The van der Waals surface area contributed by atoms with Gasteiger partial charge in [0.05, 0.1) is 23.5 Å². The maximum absolute atomic E-state index is 13.3. The first-order valence-corrected chi connectivity index (χ1v) is 10.1. The summed E-state index contributed by atoms with van der Waals surface area (Å²) in [4.78, 5) is 40.9. The Morgan fingerprint density at radius 1 is 0.765 bits per heavy atom. The second-order valence-corrected chi connectivity index (χ2v) is 7.43. The Hall–Kier alpha value is -3.90. The van der Waals surface area contributed by atoms with E-state index in [0.29, 0.717) is 25.7 Å². The van der Waals surface area contributed by atoms with Gasteiger partial charge in [0.15, 0.2) is 0 Å². The lowest BCUT2D eigenvalue weighted by Crippen LogP contribution is -2.34. The number of amides is 2. The van der Waals surface area contributed by atoms with Crippen molar-refractivity contribution >= 4 is 35.1 Å². The number of hydrogen-bond donors (Lipinski definition) is 6. The zero-order valence-corrected chi connectivity index (χ0v) is 17.9. The van der Waals surface area contributed by atoms with Crippen molar-refractivity contribution in [2.75, 3.05) is 10.6 Å². The first-order chi connectivity index (χ1) is 16.0. The van der Waals surface area contributed by atoms with Crippen LogP contribution in [0.25, 0.3) is 0 Å². The smallest absolute Gasteiger partial charge is 0.414 e. The van der Waals surface area contributed by atoms with Crippen LogP contribution in [-0.2, 0) is 32.0 Å². The van der Waals surface area contributed by atoms with E-state index < -0.39 is 35.7 Å². The van der Waals surface area contributed by atoms with E-state index in [2.05, 4.69) is 10.6 Å². The highest BCUT2D eigenvalue weighted by Gasteiger charge is 2.22. The zero-order valence-electron chi connectivity index (χ0n) is 17.9. The standard InChI is InChI=1S/2C10H11FN2O.C2H2O4/c2*11-7-3-1-2-6-4-5-8(12)10(14)13-9(6)7;3-1(4)2(5)6/h2*1-3,8H,4-5,12H2,(H,13,14);(H,3,4)(H,5,6). The van der Waals surface area contributed by atoms with Gasteiger partial charge in [-0.05, 0) is 48.9 Å². The van der Waals surface area contributed by atoms with Gasteiger partial charge in [-0.3, -0.25) is 9.59 Å². The van der Waals surface area contributed by atoms with E-state index in [1.807, 2.05) is 0 Å². The summed E-state index contributed by atoms with van der Waals surface area (Å²) in [5.41, 5.74) is 13.3. The van der Waals surface area contributed by atoms with Crippen LogP contribution >= 0.6 is 0 Å². The molecule has 12 heteroatoms. The Morgan fingerprint density at radius 2 is 1.12 bits per heavy atom. The molecule has 10 nitrogen and oxygen atoms in total. The summed E-state index contributed by atoms with van der Waals surface area (Å²) in [6, 6.07) is 8.46. The Kier molecular flexibility index (Phi) is 9.16. The van der Waals surface area contributed by atoms with Crippen LogP contribution < -0.4 is 22.1 Å². The second kappa shape index (κ2) is 11.8. The molecule has 0 saturated carbocycles. The quantitative estimate of drug-likeness (QED) is 0.305. The SMILES string of the molecule is NC1CCc2cccc(F)c2NC1=O.NC1CCc2cccc(F)c2NC1=O.O=C(O)C(=O)O. The third-order valence-corrected chi connectivity index (χ3v) is 5.00. The van der Waals surface area contributed by atoms with E-state index in [9.17, 15) is 18.4 Å². The number of carbonyl (C=O) groups excluding carboxylic acids is 2. The molecule has 0 fully saturated rings. The topological polar surface area (TPSA) is 185 Å². The van der Waals surface area contributed by atoms with Gasteiger partial charge < -0.3 is 32.3 Å². The third-order valence-electron chi connectivity index (χ3n) is 5.00. The predicted octanol–water partition coefficient (Wildman–Crippen LogP) is 1.23. The number of anilines is 2. The fraction of sp³-hybridized carbons (Fsp3) is 0.273. The number of para-hydroxylation sites is 2. The molecule has 2 aromatic rings. The average Bonchev–Trinajstić information content (AvgIpc) is 3.03. The van der Waals surface area contributed by atoms with E-state index in [1.54, 1.807) is 24.3 Å². The molecule has 2 aliphatic rings. The molecule has 0 aliphatic carbocycles. The molecule has 4 rings (SSSR count). The van der Waals surface area contributed by atoms with Crippen LogP contribution in [0.3, 0.4) is 0 Å². The van der Waals surface area contributed by atoms with Crippen LogP contribution in [0.5, 0.6) is 0 Å². The number of nitrogens with one attached hydrogen (secondary N) is 2. The molecule has 0 aromatic heterocycles. The Bertz CT molecular complexity index is 1010. The van der Waals surface area contributed by atoms with Crippen molar-refractivity contribution in [3.05, 3.63) is 59.2 Å². The number of rotatable bonds is 0. The van der Waals surface area contributed by atoms with Crippen LogP contribution in [0.15, 0.2) is 36.4 Å². The monoisotopic (exact) mass is 478 g/mol. The van der Waals surface area contributed by atoms with Crippen molar-refractivity contribution in [1.29, 1.82) is 0 Å². The number of fused-ring (bicyclic) bond motifs is 2. The summed E-state index contributed by atoms with van der Waals surface area (Å²) in [6.45, 7) is 0. The number of hydrogen-bond acceptors (Lipinski definition) is 6. The number of carboxylic acid groups (broad SMARTS) is 2. The maximum Gasteiger partial charge on any atom is 0.414 e. The molecule has 8 N–H and O–H groups in total. The van der Waals surface area contributed by atoms with Gasteiger partial charge in [-0.15, -0.1) is 0 Å². The lowest BCUT2D eigenvalue weighted by molar-refractivity contribution is -0.159. The molecule has 0 radical (unpaired) electrons. The molecule has 2 unspecified atom stereocenters. The van der Waals surface area contributed by atoms with Crippen molar-refractivity contribution in [3.8, 4) is 0 Å². The van der Waals surface area contributed by atoms with Crippen LogP contribution in [0.2, 0.25) is 0 Å². The molecule has 2 heterocycles. The van der Waals surface area contributed by atoms with Crippen LogP contribution in [0.4, 0.5) is 20.2 Å². The van der Waals surface area contributed by atoms with Crippen molar-refractivity contribution in [2.24, 2.45) is 11.5 Å². The number of carbonyl (C=O) groups is 4. The summed E-state index contributed by atoms with van der Waals surface area (Å²) in [7, 11) is 0. The van der Waals surface area contributed by atoms with Crippen LogP contribution in [0.1, 0.15) is 24.0 Å². The first kappa shape index (κ1) is 26.4.